The van der Waals surface area contributed by atoms with Gasteiger partial charge in [-0.2, -0.15) is 0 Å². The van der Waals surface area contributed by atoms with Crippen molar-refractivity contribution in [3.63, 3.8) is 0 Å². The molecule has 0 atom stereocenters. The fourth-order valence-electron chi connectivity index (χ4n) is 1.98. The molecule has 1 aliphatic rings. The maximum Gasteiger partial charge on any atom is 0.0670 e. The van der Waals surface area contributed by atoms with Crippen LogP contribution >= 0.6 is 0 Å². The standard InChI is InChI=1S/C13H17NO/c1-9-13(2,3)11-8-10(6-7-15)4-5-12(11)14-9/h4-5,8,15H,6-7H2,1-3H3. The second-order valence-corrected chi connectivity index (χ2v) is 4.65. The van der Waals surface area contributed by atoms with Crippen molar-refractivity contribution in [2.24, 2.45) is 4.99 Å². The first-order valence-electron chi connectivity index (χ1n) is 5.36. The smallest absolute Gasteiger partial charge is 0.0670 e. The summed E-state index contributed by atoms with van der Waals surface area (Å²) in [6, 6.07) is 6.28. The van der Waals surface area contributed by atoms with Crippen molar-refractivity contribution in [3.05, 3.63) is 29.3 Å². The number of fused-ring (bicyclic) bond motifs is 1. The number of benzene rings is 1. The van der Waals surface area contributed by atoms with Crippen LogP contribution in [0.1, 0.15) is 31.9 Å². The third kappa shape index (κ3) is 1.59. The minimum Gasteiger partial charge on any atom is -0.396 e. The normalized spacial score (nSPS) is 17.5. The quantitative estimate of drug-likeness (QED) is 0.787. The lowest BCUT2D eigenvalue weighted by Gasteiger charge is -2.20. The van der Waals surface area contributed by atoms with Crippen molar-refractivity contribution in [1.82, 2.24) is 0 Å². The van der Waals surface area contributed by atoms with Gasteiger partial charge in [0.05, 0.1) is 5.69 Å². The van der Waals surface area contributed by atoms with Gasteiger partial charge < -0.3 is 5.11 Å². The molecule has 0 radical (unpaired) electrons. The fourth-order valence-corrected chi connectivity index (χ4v) is 1.98. The molecule has 0 bridgehead atoms. The number of aliphatic hydroxyl groups excluding tert-OH is 1. The Balaban J connectivity index is 2.46. The SMILES string of the molecule is CC1=Nc2ccc(CCO)cc2C1(C)C. The molecule has 0 aromatic heterocycles. The Kier molecular flexibility index (Phi) is 2.39. The molecule has 15 heavy (non-hydrogen) atoms. The van der Waals surface area contributed by atoms with E-state index in [2.05, 4.69) is 37.9 Å². The van der Waals surface area contributed by atoms with Gasteiger partial charge in [-0.1, -0.05) is 26.0 Å². The molecule has 0 unspecified atom stereocenters. The summed E-state index contributed by atoms with van der Waals surface area (Å²) in [7, 11) is 0. The average molecular weight is 203 g/mol. The monoisotopic (exact) mass is 203 g/mol. The van der Waals surface area contributed by atoms with Crippen LogP contribution in [0.3, 0.4) is 0 Å². The molecule has 0 fully saturated rings. The Labute approximate surface area is 90.7 Å². The molecule has 0 saturated heterocycles. The van der Waals surface area contributed by atoms with E-state index in [1.165, 1.54) is 16.8 Å². The third-order valence-electron chi connectivity index (χ3n) is 3.33. The molecule has 0 aliphatic carbocycles. The van der Waals surface area contributed by atoms with Gasteiger partial charge >= 0.3 is 0 Å². The summed E-state index contributed by atoms with van der Waals surface area (Å²) >= 11 is 0. The van der Waals surface area contributed by atoms with Crippen LogP contribution in [0.15, 0.2) is 23.2 Å². The van der Waals surface area contributed by atoms with Crippen molar-refractivity contribution in [2.75, 3.05) is 6.61 Å². The lowest BCUT2D eigenvalue weighted by molar-refractivity contribution is 0.299. The molecule has 1 aromatic carbocycles. The summed E-state index contributed by atoms with van der Waals surface area (Å²) in [4.78, 5) is 4.56. The van der Waals surface area contributed by atoms with Gasteiger partial charge in [0.1, 0.15) is 0 Å². The molecule has 1 N–H and O–H groups in total. The lowest BCUT2D eigenvalue weighted by Crippen LogP contribution is -2.22. The van der Waals surface area contributed by atoms with Gasteiger partial charge in [-0.15, -0.1) is 0 Å². The zero-order valence-corrected chi connectivity index (χ0v) is 9.54. The molecule has 80 valence electrons. The first kappa shape index (κ1) is 10.4. The summed E-state index contributed by atoms with van der Waals surface area (Å²) < 4.78 is 0. The van der Waals surface area contributed by atoms with Crippen LogP contribution in [0.25, 0.3) is 0 Å². The number of rotatable bonds is 2. The van der Waals surface area contributed by atoms with E-state index >= 15 is 0 Å². The Hall–Kier alpha value is -1.15. The number of hydrogen-bond acceptors (Lipinski definition) is 2. The van der Waals surface area contributed by atoms with Crippen molar-refractivity contribution >= 4 is 11.4 Å². The van der Waals surface area contributed by atoms with Crippen molar-refractivity contribution < 1.29 is 5.11 Å². The van der Waals surface area contributed by atoms with Gasteiger partial charge in [0, 0.05) is 17.7 Å². The van der Waals surface area contributed by atoms with E-state index in [4.69, 9.17) is 5.11 Å². The lowest BCUT2D eigenvalue weighted by atomic mass is 9.81. The molecule has 1 aromatic rings. The van der Waals surface area contributed by atoms with E-state index in [1.54, 1.807) is 0 Å². The highest BCUT2D eigenvalue weighted by atomic mass is 16.2. The van der Waals surface area contributed by atoms with E-state index in [9.17, 15) is 0 Å². The first-order valence-corrected chi connectivity index (χ1v) is 5.36. The summed E-state index contributed by atoms with van der Waals surface area (Å²) in [5.74, 6) is 0. The van der Waals surface area contributed by atoms with Crippen molar-refractivity contribution in [2.45, 2.75) is 32.6 Å². The highest BCUT2D eigenvalue weighted by molar-refractivity contribution is 5.99. The molecule has 1 aliphatic heterocycles. The predicted octanol–water partition coefficient (Wildman–Crippen LogP) is 2.61. The molecule has 0 amide bonds. The van der Waals surface area contributed by atoms with Crippen LogP contribution in [0, 0.1) is 0 Å². The van der Waals surface area contributed by atoms with Crippen LogP contribution in [-0.2, 0) is 11.8 Å². The Bertz CT molecular complexity index is 419. The fraction of sp³-hybridized carbons (Fsp3) is 0.462. The largest absolute Gasteiger partial charge is 0.396 e. The summed E-state index contributed by atoms with van der Waals surface area (Å²) in [5.41, 5.74) is 4.76. The molecule has 2 nitrogen and oxygen atoms in total. The zero-order chi connectivity index (χ0) is 11.1. The zero-order valence-electron chi connectivity index (χ0n) is 9.54. The van der Waals surface area contributed by atoms with Gasteiger partial charge in [0.15, 0.2) is 0 Å². The summed E-state index contributed by atoms with van der Waals surface area (Å²) in [6.07, 6.45) is 0.725. The molecular weight excluding hydrogens is 186 g/mol. The molecule has 0 spiro atoms. The predicted molar refractivity (Wildman–Crippen MR) is 63.0 cm³/mol. The minimum absolute atomic E-state index is 0.0425. The van der Waals surface area contributed by atoms with Crippen LogP contribution in [0.4, 0.5) is 5.69 Å². The van der Waals surface area contributed by atoms with Gasteiger partial charge in [0.25, 0.3) is 0 Å². The third-order valence-corrected chi connectivity index (χ3v) is 3.33. The second kappa shape index (κ2) is 3.46. The maximum atomic E-state index is 8.92. The van der Waals surface area contributed by atoms with Crippen LogP contribution in [0.2, 0.25) is 0 Å². The van der Waals surface area contributed by atoms with Crippen molar-refractivity contribution in [1.29, 1.82) is 0 Å². The summed E-state index contributed by atoms with van der Waals surface area (Å²) in [5, 5.41) is 8.92. The molecule has 1 heterocycles. The Morgan fingerprint density at radius 3 is 2.73 bits per heavy atom. The first-order chi connectivity index (χ1) is 7.05. The van der Waals surface area contributed by atoms with Gasteiger partial charge in [-0.25, -0.2) is 0 Å². The van der Waals surface area contributed by atoms with Gasteiger partial charge in [-0.05, 0) is 30.5 Å². The van der Waals surface area contributed by atoms with E-state index in [1.807, 2.05) is 6.07 Å². The van der Waals surface area contributed by atoms with E-state index in [0.29, 0.717) is 0 Å². The molecule has 0 saturated carbocycles. The van der Waals surface area contributed by atoms with Crippen molar-refractivity contribution in [3.8, 4) is 0 Å². The van der Waals surface area contributed by atoms with E-state index < -0.39 is 0 Å². The van der Waals surface area contributed by atoms with Gasteiger partial charge in [-0.3, -0.25) is 4.99 Å². The van der Waals surface area contributed by atoms with Crippen LogP contribution < -0.4 is 0 Å². The van der Waals surface area contributed by atoms with E-state index in [0.717, 1.165) is 12.1 Å². The maximum absolute atomic E-state index is 8.92. The minimum atomic E-state index is 0.0425. The topological polar surface area (TPSA) is 32.6 Å². The van der Waals surface area contributed by atoms with Crippen LogP contribution in [0.5, 0.6) is 0 Å². The molecule has 2 rings (SSSR count). The Morgan fingerprint density at radius 1 is 1.33 bits per heavy atom. The van der Waals surface area contributed by atoms with Gasteiger partial charge in [0.2, 0.25) is 0 Å². The average Bonchev–Trinajstić information content (AvgIpc) is 2.40. The summed E-state index contributed by atoms with van der Waals surface area (Å²) in [6.45, 7) is 6.67. The Morgan fingerprint density at radius 2 is 2.07 bits per heavy atom. The number of aliphatic imine (C=N–C) groups is 1. The number of nitrogens with zero attached hydrogens (tertiary/aromatic N) is 1. The molecular formula is C13H17NO. The number of hydrogen-bond donors (Lipinski definition) is 1. The number of aliphatic hydroxyl groups is 1. The highest BCUT2D eigenvalue weighted by Crippen LogP contribution is 2.40. The van der Waals surface area contributed by atoms with Crippen LogP contribution in [-0.4, -0.2) is 17.4 Å². The second-order valence-electron chi connectivity index (χ2n) is 4.65. The highest BCUT2D eigenvalue weighted by Gasteiger charge is 2.31. The van der Waals surface area contributed by atoms with E-state index in [-0.39, 0.29) is 12.0 Å². The molecule has 2 heteroatoms.